The van der Waals surface area contributed by atoms with Gasteiger partial charge in [-0.05, 0) is 37.3 Å². The van der Waals surface area contributed by atoms with Gasteiger partial charge in [0, 0.05) is 9.80 Å². The zero-order valence-electron chi connectivity index (χ0n) is 9.59. The summed E-state index contributed by atoms with van der Waals surface area (Å²) in [6.07, 6.45) is 7.58. The number of allylic oxidation sites excluding steroid dienone is 4. The van der Waals surface area contributed by atoms with Gasteiger partial charge in [-0.2, -0.15) is 0 Å². The number of benzene rings is 1. The van der Waals surface area contributed by atoms with Crippen molar-refractivity contribution >= 4 is 17.7 Å². The van der Waals surface area contributed by atoms with Crippen molar-refractivity contribution in [1.29, 1.82) is 0 Å². The topological polar surface area (TPSA) is 37.3 Å². The lowest BCUT2D eigenvalue weighted by Gasteiger charge is -2.02. The maximum atomic E-state index is 10.7. The van der Waals surface area contributed by atoms with Crippen LogP contribution in [-0.4, -0.2) is 11.1 Å². The van der Waals surface area contributed by atoms with Crippen molar-refractivity contribution in [2.75, 3.05) is 0 Å². The molecule has 88 valence electrons. The molecule has 0 amide bonds. The van der Waals surface area contributed by atoms with Crippen LogP contribution in [0.15, 0.2) is 64.9 Å². The van der Waals surface area contributed by atoms with Crippen molar-refractivity contribution in [3.05, 3.63) is 65.6 Å². The Bertz CT molecular complexity index is 456. The van der Waals surface area contributed by atoms with Gasteiger partial charge in [-0.15, -0.1) is 0 Å². The fraction of sp³-hybridized carbons (Fsp3) is 0.0714. The van der Waals surface area contributed by atoms with E-state index in [1.807, 2.05) is 25.2 Å². The van der Waals surface area contributed by atoms with E-state index in [1.165, 1.54) is 0 Å². The minimum atomic E-state index is -0.906. The van der Waals surface area contributed by atoms with Crippen LogP contribution >= 0.6 is 11.8 Å². The van der Waals surface area contributed by atoms with Gasteiger partial charge >= 0.3 is 5.97 Å². The molecular formula is C14H14O2S. The summed E-state index contributed by atoms with van der Waals surface area (Å²) in [6, 6.07) is 6.81. The first-order valence-electron chi connectivity index (χ1n) is 5.14. The molecule has 17 heavy (non-hydrogen) atoms. The highest BCUT2D eigenvalue weighted by atomic mass is 32.2. The Hall–Kier alpha value is -1.74. The molecule has 0 saturated carbocycles. The molecule has 0 atom stereocenters. The Morgan fingerprint density at radius 1 is 1.35 bits per heavy atom. The highest BCUT2D eigenvalue weighted by Crippen LogP contribution is 2.27. The quantitative estimate of drug-likeness (QED) is 0.627. The van der Waals surface area contributed by atoms with E-state index in [4.69, 9.17) is 5.11 Å². The molecule has 0 heterocycles. The summed E-state index contributed by atoms with van der Waals surface area (Å²) < 4.78 is 0. The molecule has 0 aliphatic heterocycles. The van der Waals surface area contributed by atoms with Crippen LogP contribution in [0, 0.1) is 0 Å². The second-order valence-corrected chi connectivity index (χ2v) is 4.38. The minimum Gasteiger partial charge on any atom is -0.478 e. The largest absolute Gasteiger partial charge is 0.478 e. The van der Waals surface area contributed by atoms with E-state index in [1.54, 1.807) is 42.1 Å². The molecule has 0 saturated heterocycles. The van der Waals surface area contributed by atoms with E-state index in [9.17, 15) is 4.79 Å². The normalized spacial score (nSPS) is 11.7. The van der Waals surface area contributed by atoms with Crippen molar-refractivity contribution in [3.63, 3.8) is 0 Å². The van der Waals surface area contributed by atoms with Crippen LogP contribution in [0.5, 0.6) is 0 Å². The van der Waals surface area contributed by atoms with Crippen molar-refractivity contribution in [3.8, 4) is 0 Å². The fourth-order valence-electron chi connectivity index (χ4n) is 1.21. The Morgan fingerprint density at radius 2 is 2.00 bits per heavy atom. The van der Waals surface area contributed by atoms with E-state index in [-0.39, 0.29) is 0 Å². The second-order valence-electron chi connectivity index (χ2n) is 3.24. The first-order valence-corrected chi connectivity index (χ1v) is 5.95. The minimum absolute atomic E-state index is 0.301. The summed E-state index contributed by atoms with van der Waals surface area (Å²) in [7, 11) is 0. The zero-order chi connectivity index (χ0) is 12.7. The molecular weight excluding hydrogens is 232 g/mol. The standard InChI is InChI=1S/C14H14O2S/c1-3-5-12(6-4-2)17-13-9-7-11(8-10-13)14(15)16/h3-10H,1H2,2H3,(H,15,16)/b6-4-,12-5+. The monoisotopic (exact) mass is 246 g/mol. The third kappa shape index (κ3) is 4.33. The zero-order valence-corrected chi connectivity index (χ0v) is 10.4. The SMILES string of the molecule is C=C/C=C(\C=C/C)Sc1ccc(C(=O)O)cc1. The molecule has 1 aromatic rings. The third-order valence-electron chi connectivity index (χ3n) is 1.95. The van der Waals surface area contributed by atoms with Gasteiger partial charge in [0.25, 0.3) is 0 Å². The van der Waals surface area contributed by atoms with Crippen LogP contribution in [0.1, 0.15) is 17.3 Å². The van der Waals surface area contributed by atoms with Gasteiger partial charge in [-0.25, -0.2) is 4.79 Å². The molecule has 1 aromatic carbocycles. The molecule has 0 unspecified atom stereocenters. The predicted octanol–water partition coefficient (Wildman–Crippen LogP) is 4.12. The summed E-state index contributed by atoms with van der Waals surface area (Å²) in [5.74, 6) is -0.906. The molecule has 1 N–H and O–H groups in total. The molecule has 1 rings (SSSR count). The highest BCUT2D eigenvalue weighted by molar-refractivity contribution is 8.03. The van der Waals surface area contributed by atoms with Crippen LogP contribution in [0.2, 0.25) is 0 Å². The number of hydrogen-bond acceptors (Lipinski definition) is 2. The van der Waals surface area contributed by atoms with Gasteiger partial charge in [0.15, 0.2) is 0 Å². The highest BCUT2D eigenvalue weighted by Gasteiger charge is 2.02. The number of carboxylic acids is 1. The van der Waals surface area contributed by atoms with Crippen LogP contribution < -0.4 is 0 Å². The van der Waals surface area contributed by atoms with Gasteiger partial charge in [-0.3, -0.25) is 0 Å². The summed E-state index contributed by atoms with van der Waals surface area (Å²) in [4.78, 5) is 12.8. The van der Waals surface area contributed by atoms with E-state index in [0.29, 0.717) is 5.56 Å². The van der Waals surface area contributed by atoms with Gasteiger partial charge in [-0.1, -0.05) is 36.6 Å². The van der Waals surface area contributed by atoms with Crippen LogP contribution in [0.25, 0.3) is 0 Å². The molecule has 0 bridgehead atoms. The van der Waals surface area contributed by atoms with E-state index in [2.05, 4.69) is 6.58 Å². The first-order chi connectivity index (χ1) is 8.17. The lowest BCUT2D eigenvalue weighted by Crippen LogP contribution is -1.94. The lowest BCUT2D eigenvalue weighted by atomic mass is 10.2. The summed E-state index contributed by atoms with van der Waals surface area (Å²) in [6.45, 7) is 5.61. The number of thioether (sulfide) groups is 1. The van der Waals surface area contributed by atoms with Crippen LogP contribution in [0.4, 0.5) is 0 Å². The predicted molar refractivity (Wildman–Crippen MR) is 72.4 cm³/mol. The molecule has 3 heteroatoms. The van der Waals surface area contributed by atoms with Crippen molar-refractivity contribution in [2.24, 2.45) is 0 Å². The molecule has 0 spiro atoms. The third-order valence-corrected chi connectivity index (χ3v) is 2.97. The lowest BCUT2D eigenvalue weighted by molar-refractivity contribution is 0.0697. The number of carboxylic acid groups (broad SMARTS) is 1. The number of aromatic carboxylic acids is 1. The molecule has 0 aliphatic rings. The molecule has 0 fully saturated rings. The molecule has 0 radical (unpaired) electrons. The summed E-state index contributed by atoms with van der Waals surface area (Å²) in [5.41, 5.74) is 0.301. The van der Waals surface area contributed by atoms with Gasteiger partial charge in [0.05, 0.1) is 5.56 Å². The Kier molecular flexibility index (Phi) is 5.30. The van der Waals surface area contributed by atoms with Crippen molar-refractivity contribution < 1.29 is 9.90 Å². The van der Waals surface area contributed by atoms with Gasteiger partial charge in [0.2, 0.25) is 0 Å². The van der Waals surface area contributed by atoms with Crippen LogP contribution in [0.3, 0.4) is 0 Å². The van der Waals surface area contributed by atoms with Gasteiger partial charge in [0.1, 0.15) is 0 Å². The Labute approximate surface area is 105 Å². The molecule has 0 aliphatic carbocycles. The average molecular weight is 246 g/mol. The van der Waals surface area contributed by atoms with E-state index in [0.717, 1.165) is 9.80 Å². The smallest absolute Gasteiger partial charge is 0.335 e. The molecule has 2 nitrogen and oxygen atoms in total. The van der Waals surface area contributed by atoms with Crippen molar-refractivity contribution in [1.82, 2.24) is 0 Å². The second kappa shape index (κ2) is 6.76. The van der Waals surface area contributed by atoms with Crippen LogP contribution in [-0.2, 0) is 0 Å². The van der Waals surface area contributed by atoms with E-state index < -0.39 is 5.97 Å². The summed E-state index contributed by atoms with van der Waals surface area (Å²) in [5, 5.41) is 8.78. The summed E-state index contributed by atoms with van der Waals surface area (Å²) >= 11 is 1.57. The number of rotatable bonds is 5. The maximum Gasteiger partial charge on any atom is 0.335 e. The van der Waals surface area contributed by atoms with Gasteiger partial charge < -0.3 is 5.11 Å². The first kappa shape index (κ1) is 13.3. The average Bonchev–Trinajstić information content (AvgIpc) is 2.30. The molecule has 0 aromatic heterocycles. The maximum absolute atomic E-state index is 10.7. The van der Waals surface area contributed by atoms with Crippen molar-refractivity contribution in [2.45, 2.75) is 11.8 Å². The fourth-order valence-corrected chi connectivity index (χ4v) is 2.12. The van der Waals surface area contributed by atoms with E-state index >= 15 is 0 Å². The number of carbonyl (C=O) groups is 1. The number of hydrogen-bond donors (Lipinski definition) is 1. The Balaban J connectivity index is 2.84. The Morgan fingerprint density at radius 3 is 2.47 bits per heavy atom.